The van der Waals surface area contributed by atoms with Crippen LogP contribution in [0.1, 0.15) is 35.5 Å². The maximum absolute atomic E-state index is 14.2. The molecule has 1 aliphatic heterocycles. The van der Waals surface area contributed by atoms with Gasteiger partial charge in [0.25, 0.3) is 0 Å². The summed E-state index contributed by atoms with van der Waals surface area (Å²) in [7, 11) is 3.26. The Balaban J connectivity index is 1.54. The number of carbonyl (C=O) groups is 1. The first kappa shape index (κ1) is 25.3. The zero-order valence-corrected chi connectivity index (χ0v) is 22.7. The van der Waals surface area contributed by atoms with Gasteiger partial charge < -0.3 is 24.3 Å². The minimum atomic E-state index is -0.392. The van der Waals surface area contributed by atoms with Crippen LogP contribution in [0.3, 0.4) is 0 Å². The summed E-state index contributed by atoms with van der Waals surface area (Å²) < 4.78 is 15.1. The number of nitrogens with one attached hydrogen (secondary N) is 1. The summed E-state index contributed by atoms with van der Waals surface area (Å²) >= 11 is 0. The van der Waals surface area contributed by atoms with Crippen molar-refractivity contribution >= 4 is 11.7 Å². The molecule has 8 nitrogen and oxygen atoms in total. The second-order valence-corrected chi connectivity index (χ2v) is 9.62. The molecule has 1 unspecified atom stereocenters. The van der Waals surface area contributed by atoms with E-state index < -0.39 is 6.04 Å². The lowest BCUT2D eigenvalue weighted by Crippen LogP contribution is -2.38. The molecule has 2 amide bonds. The van der Waals surface area contributed by atoms with Crippen LogP contribution in [0, 0.1) is 0 Å². The number of anilines is 1. The summed E-state index contributed by atoms with van der Waals surface area (Å²) in [6, 6.07) is 28.9. The fourth-order valence-electron chi connectivity index (χ4n) is 5.41. The van der Waals surface area contributed by atoms with E-state index in [1.165, 1.54) is 0 Å². The molecule has 5 aromatic rings. The van der Waals surface area contributed by atoms with Crippen molar-refractivity contribution in [3.63, 3.8) is 0 Å². The monoisotopic (exact) mass is 533 g/mol. The van der Waals surface area contributed by atoms with Gasteiger partial charge in [0.1, 0.15) is 17.3 Å². The average Bonchev–Trinajstić information content (AvgIpc) is 3.58. The molecule has 0 radical (unpaired) electrons. The zero-order chi connectivity index (χ0) is 27.6. The van der Waals surface area contributed by atoms with Gasteiger partial charge >= 0.3 is 6.03 Å². The first-order valence-corrected chi connectivity index (χ1v) is 13.3. The van der Waals surface area contributed by atoms with E-state index in [0.717, 1.165) is 46.2 Å². The highest BCUT2D eigenvalue weighted by molar-refractivity contribution is 5.90. The van der Waals surface area contributed by atoms with Gasteiger partial charge in [-0.2, -0.15) is 5.10 Å². The minimum absolute atomic E-state index is 0.226. The van der Waals surface area contributed by atoms with E-state index in [4.69, 9.17) is 14.6 Å². The fourth-order valence-corrected chi connectivity index (χ4v) is 5.41. The van der Waals surface area contributed by atoms with Gasteiger partial charge in [-0.1, -0.05) is 43.3 Å². The lowest BCUT2D eigenvalue weighted by molar-refractivity contribution is 0.194. The van der Waals surface area contributed by atoms with Crippen LogP contribution in [-0.4, -0.2) is 39.5 Å². The SMILES string of the molecule is CCc1nn(-c2ccccc2)c2c1CN(C(=O)Nc1cccc(OC)c1)C(c1cccc(OC)c1)c1cccn1-2. The van der Waals surface area contributed by atoms with Crippen molar-refractivity contribution in [2.75, 3.05) is 19.5 Å². The van der Waals surface area contributed by atoms with Crippen molar-refractivity contribution in [3.8, 4) is 23.0 Å². The molecule has 0 bridgehead atoms. The largest absolute Gasteiger partial charge is 0.497 e. The number of aromatic nitrogens is 3. The number of para-hydroxylation sites is 1. The van der Waals surface area contributed by atoms with Gasteiger partial charge in [0.2, 0.25) is 0 Å². The van der Waals surface area contributed by atoms with Gasteiger partial charge in [0.05, 0.1) is 43.9 Å². The Bertz CT molecular complexity index is 1660. The lowest BCUT2D eigenvalue weighted by atomic mass is 10.0. The fraction of sp³-hybridized carbons (Fsp3) is 0.188. The Morgan fingerprint density at radius 3 is 2.42 bits per heavy atom. The van der Waals surface area contributed by atoms with E-state index in [1.54, 1.807) is 14.2 Å². The van der Waals surface area contributed by atoms with Crippen molar-refractivity contribution in [1.29, 1.82) is 0 Å². The van der Waals surface area contributed by atoms with E-state index in [1.807, 2.05) is 101 Å². The predicted molar refractivity (Wildman–Crippen MR) is 155 cm³/mol. The quantitative estimate of drug-likeness (QED) is 0.275. The summed E-state index contributed by atoms with van der Waals surface area (Å²) in [5.74, 6) is 2.34. The Kier molecular flexibility index (Phi) is 6.74. The van der Waals surface area contributed by atoms with Crippen molar-refractivity contribution < 1.29 is 14.3 Å². The highest BCUT2D eigenvalue weighted by Gasteiger charge is 2.36. The normalized spacial score (nSPS) is 14.2. The van der Waals surface area contributed by atoms with Crippen LogP contribution in [-0.2, 0) is 13.0 Å². The molecule has 3 heterocycles. The third-order valence-corrected chi connectivity index (χ3v) is 7.30. The molecule has 0 spiro atoms. The van der Waals surface area contributed by atoms with Crippen LogP contribution >= 0.6 is 0 Å². The maximum atomic E-state index is 14.2. The molecule has 1 N–H and O–H groups in total. The highest BCUT2D eigenvalue weighted by atomic mass is 16.5. The standard InChI is InChI=1S/C32H31N5O3/c1-4-28-27-21-36(32(38)33-23-12-9-16-26(20-23)40-3)30(22-11-8-15-25(19-22)39-2)29-17-10-18-35(29)31(27)37(34-28)24-13-6-5-7-14-24/h5-20,30H,4,21H2,1-3H3,(H,33,38). The second-order valence-electron chi connectivity index (χ2n) is 9.62. The molecule has 3 aromatic carbocycles. The van der Waals surface area contributed by atoms with E-state index in [-0.39, 0.29) is 6.03 Å². The molecule has 6 rings (SSSR count). The third-order valence-electron chi connectivity index (χ3n) is 7.30. The van der Waals surface area contributed by atoms with Crippen LogP contribution in [0.2, 0.25) is 0 Å². The molecular formula is C32H31N5O3. The van der Waals surface area contributed by atoms with Crippen molar-refractivity contribution in [3.05, 3.63) is 120 Å². The van der Waals surface area contributed by atoms with Crippen LogP contribution in [0.15, 0.2) is 97.2 Å². The second kappa shape index (κ2) is 10.6. The number of aryl methyl sites for hydroxylation is 1. The topological polar surface area (TPSA) is 73.6 Å². The summed E-state index contributed by atoms with van der Waals surface area (Å²) in [5.41, 5.74) is 5.48. The van der Waals surface area contributed by atoms with Gasteiger partial charge in [0.15, 0.2) is 0 Å². The molecule has 0 saturated heterocycles. The Labute approximate surface area is 233 Å². The number of carbonyl (C=O) groups excluding carboxylic acids is 1. The van der Waals surface area contributed by atoms with E-state index in [2.05, 4.69) is 22.9 Å². The number of nitrogens with zero attached hydrogens (tertiary/aromatic N) is 4. The zero-order valence-electron chi connectivity index (χ0n) is 22.7. The van der Waals surface area contributed by atoms with Crippen molar-refractivity contribution in [2.24, 2.45) is 0 Å². The van der Waals surface area contributed by atoms with Crippen LogP contribution in [0.5, 0.6) is 11.5 Å². The Hall–Kier alpha value is -4.98. The number of benzene rings is 3. The molecule has 40 heavy (non-hydrogen) atoms. The first-order chi connectivity index (χ1) is 19.6. The van der Waals surface area contributed by atoms with Gasteiger partial charge in [-0.15, -0.1) is 0 Å². The van der Waals surface area contributed by atoms with Gasteiger partial charge in [-0.25, -0.2) is 9.48 Å². The number of rotatable bonds is 6. The van der Waals surface area contributed by atoms with E-state index in [0.29, 0.717) is 18.0 Å². The van der Waals surface area contributed by atoms with Gasteiger partial charge in [-0.05, 0) is 60.5 Å². The van der Waals surface area contributed by atoms with Crippen LogP contribution in [0.4, 0.5) is 10.5 Å². The smallest absolute Gasteiger partial charge is 0.322 e. The summed E-state index contributed by atoms with van der Waals surface area (Å²) in [6.45, 7) is 2.46. The van der Waals surface area contributed by atoms with Gasteiger partial charge in [0, 0.05) is 23.5 Å². The average molecular weight is 534 g/mol. The molecule has 2 aromatic heterocycles. The molecule has 202 valence electrons. The molecule has 0 saturated carbocycles. The summed E-state index contributed by atoms with van der Waals surface area (Å²) in [6.07, 6.45) is 2.78. The van der Waals surface area contributed by atoms with E-state index in [9.17, 15) is 4.79 Å². The number of urea groups is 1. The molecule has 1 aliphatic rings. The lowest BCUT2D eigenvalue weighted by Gasteiger charge is -2.31. The van der Waals surface area contributed by atoms with Crippen molar-refractivity contribution in [2.45, 2.75) is 25.9 Å². The molecular weight excluding hydrogens is 502 g/mol. The third kappa shape index (κ3) is 4.47. The summed E-state index contributed by atoms with van der Waals surface area (Å²) in [4.78, 5) is 16.1. The van der Waals surface area contributed by atoms with Crippen LogP contribution < -0.4 is 14.8 Å². The number of hydrogen-bond acceptors (Lipinski definition) is 4. The molecule has 8 heteroatoms. The molecule has 0 aliphatic carbocycles. The number of ether oxygens (including phenoxy) is 2. The Morgan fingerprint density at radius 2 is 1.68 bits per heavy atom. The molecule has 0 fully saturated rings. The van der Waals surface area contributed by atoms with E-state index >= 15 is 0 Å². The summed E-state index contributed by atoms with van der Waals surface area (Å²) in [5, 5.41) is 8.14. The number of fused-ring (bicyclic) bond motifs is 3. The molecule has 1 atom stereocenters. The highest BCUT2D eigenvalue weighted by Crippen LogP contribution is 2.39. The van der Waals surface area contributed by atoms with Crippen molar-refractivity contribution in [1.82, 2.24) is 19.2 Å². The van der Waals surface area contributed by atoms with Gasteiger partial charge in [-0.3, -0.25) is 0 Å². The number of amides is 2. The maximum Gasteiger partial charge on any atom is 0.322 e. The first-order valence-electron chi connectivity index (χ1n) is 13.3. The minimum Gasteiger partial charge on any atom is -0.497 e. The number of methoxy groups -OCH3 is 2. The van der Waals surface area contributed by atoms with Crippen LogP contribution in [0.25, 0.3) is 11.5 Å². The predicted octanol–water partition coefficient (Wildman–Crippen LogP) is 6.38. The Morgan fingerprint density at radius 1 is 0.925 bits per heavy atom. The number of hydrogen-bond donors (Lipinski definition) is 1.